The van der Waals surface area contributed by atoms with Crippen molar-refractivity contribution in [1.82, 2.24) is 35.2 Å². The molecule has 22 nitrogen and oxygen atoms in total. The summed E-state index contributed by atoms with van der Waals surface area (Å²) in [6.07, 6.45) is -15.1. The van der Waals surface area contributed by atoms with Gasteiger partial charge in [0.25, 0.3) is 0 Å². The molecule has 0 radical (unpaired) electrons. The van der Waals surface area contributed by atoms with Gasteiger partial charge in [0.15, 0.2) is 23.2 Å². The number of carbonyl (C=O) groups excluding carboxylic acids is 4. The lowest BCUT2D eigenvalue weighted by molar-refractivity contribution is -0.145. The highest BCUT2D eigenvalue weighted by atomic mass is 35.5. The normalized spacial score (nSPS) is 14.8. The van der Waals surface area contributed by atoms with Crippen LogP contribution in [0.1, 0.15) is 83.2 Å². The molecule has 0 saturated carbocycles. The van der Waals surface area contributed by atoms with Crippen molar-refractivity contribution in [1.29, 1.82) is 5.41 Å². The molecule has 0 atom stereocenters. The highest BCUT2D eigenvalue weighted by molar-refractivity contribution is 6.32. The van der Waals surface area contributed by atoms with Crippen LogP contribution in [-0.4, -0.2) is 168 Å². The van der Waals surface area contributed by atoms with E-state index in [1.165, 1.54) is 18.7 Å². The van der Waals surface area contributed by atoms with Gasteiger partial charge < -0.3 is 49.6 Å². The molecule has 78 heavy (non-hydrogen) atoms. The molecular formula is C43H52ClF12N11O11. The Hall–Kier alpha value is -6.91. The summed E-state index contributed by atoms with van der Waals surface area (Å²) < 4.78 is 169. The number of carboxylic acids is 1. The van der Waals surface area contributed by atoms with Gasteiger partial charge in [-0.2, -0.15) is 52.7 Å². The number of nitrogens with two attached hydrogens (primary N) is 1. The minimum absolute atomic E-state index is 0.0260. The van der Waals surface area contributed by atoms with Crippen molar-refractivity contribution in [2.75, 3.05) is 102 Å². The number of aromatic nitrogens is 6. The van der Waals surface area contributed by atoms with Crippen LogP contribution in [0.3, 0.4) is 0 Å². The summed E-state index contributed by atoms with van der Waals surface area (Å²) in [7, 11) is 0. The number of carbonyl (C=O) groups is 5. The van der Waals surface area contributed by atoms with Crippen LogP contribution in [0, 0.1) is 5.41 Å². The Morgan fingerprint density at radius 3 is 1.33 bits per heavy atom. The molecule has 3 fully saturated rings. The van der Waals surface area contributed by atoms with Crippen LogP contribution < -0.4 is 20.9 Å². The largest absolute Gasteiger partial charge is 0.500 e. The van der Waals surface area contributed by atoms with Crippen molar-refractivity contribution in [2.24, 2.45) is 5.73 Å². The van der Waals surface area contributed by atoms with Gasteiger partial charge in [-0.25, -0.2) is 39.5 Å². The number of halogens is 13. The second kappa shape index (κ2) is 32.7. The van der Waals surface area contributed by atoms with Crippen LogP contribution in [0.25, 0.3) is 0 Å². The third-order valence-electron chi connectivity index (χ3n) is 9.04. The van der Waals surface area contributed by atoms with Gasteiger partial charge in [0.2, 0.25) is 17.5 Å². The smallest absolute Gasteiger partial charge is 0.451 e. The highest BCUT2D eigenvalue weighted by Crippen LogP contribution is 2.31. The van der Waals surface area contributed by atoms with Crippen LogP contribution in [0.5, 0.6) is 0 Å². The fraction of sp³-hybridized carbons (Fsp3) is 0.535. The molecule has 0 amide bonds. The zero-order valence-electron chi connectivity index (χ0n) is 41.8. The Morgan fingerprint density at radius 2 is 1.04 bits per heavy atom. The maximum absolute atomic E-state index is 12.6. The van der Waals surface area contributed by atoms with Crippen LogP contribution in [0.2, 0.25) is 5.15 Å². The van der Waals surface area contributed by atoms with Crippen molar-refractivity contribution >= 4 is 58.4 Å². The SMILES string of the molecule is C1COCCN1.CC(=O)c1cnc(C(F)(F)F)nc1Cl.CC(=O)c1cnc(C(F)(F)F)nc1N1CCOCC1.CCO/C=C(/C(C)=O)C(=O)OCC.N=C(N)C(F)(F)F.O=C(O)c1cnc(C(F)(F)F)nc1N1CCOCC1. The van der Waals surface area contributed by atoms with Gasteiger partial charge in [-0.15, -0.1) is 0 Å². The monoisotopic (exact) mass is 1160 g/mol. The van der Waals surface area contributed by atoms with E-state index >= 15 is 0 Å². The predicted octanol–water partition coefficient (Wildman–Crippen LogP) is 6.07. The van der Waals surface area contributed by atoms with Crippen LogP contribution in [0.4, 0.5) is 64.3 Å². The van der Waals surface area contributed by atoms with Crippen molar-refractivity contribution in [2.45, 2.75) is 59.3 Å². The Labute approximate surface area is 440 Å². The van der Waals surface area contributed by atoms with Gasteiger partial charge >= 0.3 is 36.6 Å². The Kier molecular flexibility index (Phi) is 29.0. The minimum atomic E-state index is -4.71. The Morgan fingerprint density at radius 1 is 0.667 bits per heavy atom. The van der Waals surface area contributed by atoms with E-state index in [0.717, 1.165) is 51.9 Å². The first-order valence-electron chi connectivity index (χ1n) is 22.3. The number of esters is 1. The van der Waals surface area contributed by atoms with Gasteiger partial charge in [0.05, 0.1) is 64.0 Å². The topological polar surface area (TPSA) is 297 Å². The number of hydrogen-bond donors (Lipinski definition) is 4. The molecule has 3 aliphatic rings. The van der Waals surface area contributed by atoms with Gasteiger partial charge in [0, 0.05) is 57.9 Å². The van der Waals surface area contributed by atoms with E-state index < -0.39 is 70.9 Å². The van der Waals surface area contributed by atoms with E-state index in [-0.39, 0.29) is 65.2 Å². The van der Waals surface area contributed by atoms with Crippen LogP contribution >= 0.6 is 11.6 Å². The molecule has 3 saturated heterocycles. The number of amidine groups is 1. The number of morpholine rings is 3. The molecule has 3 aliphatic heterocycles. The second-order valence-electron chi connectivity index (χ2n) is 14.9. The summed E-state index contributed by atoms with van der Waals surface area (Å²) in [4.78, 5) is 77.4. The van der Waals surface area contributed by atoms with Gasteiger partial charge in [-0.3, -0.25) is 19.8 Å². The summed E-state index contributed by atoms with van der Waals surface area (Å²) in [5, 5.41) is 17.4. The molecule has 0 aromatic carbocycles. The minimum Gasteiger partial charge on any atom is -0.500 e. The number of rotatable bonds is 10. The summed E-state index contributed by atoms with van der Waals surface area (Å²) in [5.74, 6) is -9.10. The summed E-state index contributed by atoms with van der Waals surface area (Å²) in [5.41, 5.74) is 3.59. The average Bonchev–Trinajstić information content (AvgIpc) is 3.37. The lowest BCUT2D eigenvalue weighted by Crippen LogP contribution is -2.38. The van der Waals surface area contributed by atoms with Crippen LogP contribution in [-0.2, 0) is 51.8 Å². The number of anilines is 2. The first-order chi connectivity index (χ1) is 36.2. The van der Waals surface area contributed by atoms with E-state index in [0.29, 0.717) is 52.3 Å². The number of nitrogens with one attached hydrogen (secondary N) is 2. The number of aromatic carboxylic acids is 1. The Balaban J connectivity index is 0.000000487. The van der Waals surface area contributed by atoms with Crippen molar-refractivity contribution in [3.05, 3.63) is 69.7 Å². The fourth-order valence-electron chi connectivity index (χ4n) is 5.35. The molecule has 0 bridgehead atoms. The number of Topliss-reactive ketones (excluding diaryl/α,β-unsaturated/α-hetero) is 3. The number of hydrogen-bond acceptors (Lipinski definition) is 20. The number of alkyl halides is 12. The molecule has 436 valence electrons. The lowest BCUT2D eigenvalue weighted by atomic mass is 10.2. The van der Waals surface area contributed by atoms with Crippen molar-refractivity contribution in [3.8, 4) is 0 Å². The average molecular weight is 1160 g/mol. The van der Waals surface area contributed by atoms with Crippen molar-refractivity contribution in [3.63, 3.8) is 0 Å². The highest BCUT2D eigenvalue weighted by Gasteiger charge is 2.38. The zero-order chi connectivity index (χ0) is 59.6. The zero-order valence-corrected chi connectivity index (χ0v) is 42.6. The molecular weight excluding hydrogens is 1110 g/mol. The molecule has 3 aromatic heterocycles. The standard InChI is InChI=1S/C11H12F3N3O2.C10H10F3N3O3.C9H14O4.C7H4ClF3N2O.C4H9NO.C2H3F3N2/c1-7(18)8-6-15-10(11(12,13)14)16-9(8)17-2-4-19-5-3-17;11-10(12,13)9-14-5-6(8(17)18)7(15-9)16-1-3-19-4-2-16;1-4-12-6-8(7(3)10)9(11)13-5-2;1-3(14)4-2-12-6(7(9,10)11)13-5(4)8;1-3-6-4-2-5-1;3-2(4,5)1(6)7/h6H,2-5H2,1H3;5H,1-4H2,(H,17,18);6H,4-5H2,1-3H3;2H,1H3;5H,1-4H2;(H3,6,7)/b;;8-6-;;;. The molecule has 0 aliphatic carbocycles. The summed E-state index contributed by atoms with van der Waals surface area (Å²) in [6, 6.07) is 0. The number of ketones is 3. The van der Waals surface area contributed by atoms with Crippen molar-refractivity contribution < 1.29 is 105 Å². The quantitative estimate of drug-likeness (QED) is 0.0171. The third-order valence-corrected chi connectivity index (χ3v) is 9.33. The molecule has 3 aromatic rings. The maximum Gasteiger partial charge on any atom is 0.451 e. The number of nitrogens with zero attached hydrogens (tertiary/aromatic N) is 8. The van der Waals surface area contributed by atoms with E-state index in [4.69, 9.17) is 41.1 Å². The fourth-order valence-corrected chi connectivity index (χ4v) is 5.61. The molecule has 0 spiro atoms. The van der Waals surface area contributed by atoms with Gasteiger partial charge in [0.1, 0.15) is 34.2 Å². The Bertz CT molecular complexity index is 2390. The lowest BCUT2D eigenvalue weighted by Gasteiger charge is -2.29. The predicted molar refractivity (Wildman–Crippen MR) is 248 cm³/mol. The third kappa shape index (κ3) is 25.0. The van der Waals surface area contributed by atoms with E-state index in [2.05, 4.69) is 45.7 Å². The molecule has 6 rings (SSSR count). The molecule has 5 N–H and O–H groups in total. The first-order valence-corrected chi connectivity index (χ1v) is 22.6. The summed E-state index contributed by atoms with van der Waals surface area (Å²) in [6.45, 7) is 14.4. The van der Waals surface area contributed by atoms with E-state index in [9.17, 15) is 76.7 Å². The van der Waals surface area contributed by atoms with Crippen LogP contribution in [0.15, 0.2) is 30.4 Å². The van der Waals surface area contributed by atoms with E-state index in [1.54, 1.807) is 18.7 Å². The molecule has 0 unspecified atom stereocenters. The number of carboxylic acid groups (broad SMARTS) is 1. The number of ether oxygens (including phenoxy) is 5. The maximum atomic E-state index is 12.6. The summed E-state index contributed by atoms with van der Waals surface area (Å²) >= 11 is 5.36. The molecule has 6 heterocycles. The molecule has 35 heteroatoms. The van der Waals surface area contributed by atoms with Gasteiger partial charge in [-0.1, -0.05) is 11.6 Å². The van der Waals surface area contributed by atoms with E-state index in [1.807, 2.05) is 0 Å². The van der Waals surface area contributed by atoms with Gasteiger partial charge in [-0.05, 0) is 34.6 Å². The second-order valence-corrected chi connectivity index (χ2v) is 15.3. The first kappa shape index (κ1) is 69.1.